The summed E-state index contributed by atoms with van der Waals surface area (Å²) in [6.45, 7) is 9.94. The molecule has 1 aromatic carbocycles. The van der Waals surface area contributed by atoms with Gasteiger partial charge < -0.3 is 16.0 Å². The van der Waals surface area contributed by atoms with Crippen molar-refractivity contribution in [3.63, 3.8) is 0 Å². The predicted octanol–water partition coefficient (Wildman–Crippen LogP) is 3.14. The van der Waals surface area contributed by atoms with Gasteiger partial charge in [-0.1, -0.05) is 32.4 Å². The second-order valence-electron chi connectivity index (χ2n) is 6.54. The van der Waals surface area contributed by atoms with E-state index in [9.17, 15) is 0 Å². The molecular weight excluding hydrogens is 258 g/mol. The van der Waals surface area contributed by atoms with Crippen LogP contribution < -0.4 is 16.0 Å². The highest BCUT2D eigenvalue weighted by Gasteiger charge is 2.26. The molecule has 2 rings (SSSR count). The van der Waals surface area contributed by atoms with Crippen molar-refractivity contribution in [2.24, 2.45) is 5.41 Å². The minimum atomic E-state index is 0.246. The number of rotatable bonds is 3. The van der Waals surface area contributed by atoms with Gasteiger partial charge in [-0.25, -0.2) is 0 Å². The lowest BCUT2D eigenvalue weighted by atomic mass is 9.94. The molecule has 3 N–H and O–H groups in total. The summed E-state index contributed by atoms with van der Waals surface area (Å²) in [6.07, 6.45) is 1.18. The van der Waals surface area contributed by atoms with E-state index < -0.39 is 0 Å². The van der Waals surface area contributed by atoms with Crippen LogP contribution in [0.1, 0.15) is 27.2 Å². The van der Waals surface area contributed by atoms with E-state index in [1.165, 1.54) is 12.1 Å². The van der Waals surface area contributed by atoms with Crippen molar-refractivity contribution in [3.05, 3.63) is 23.2 Å². The number of nitrogens with two attached hydrogens (primary N) is 1. The molecule has 1 aromatic rings. The summed E-state index contributed by atoms with van der Waals surface area (Å²) >= 11 is 6.17. The summed E-state index contributed by atoms with van der Waals surface area (Å²) in [5, 5.41) is 4.08. The standard InChI is InChI=1S/C15H24ClN3/c1-15(2,3)10-19(12-6-7-18-9-12)11-4-5-14(17)13(16)8-11/h4-5,8,12,18H,6-7,9-10,17H2,1-3H3/t12-/m0/s1. The molecule has 1 aliphatic heterocycles. The van der Waals surface area contributed by atoms with Crippen molar-refractivity contribution in [1.29, 1.82) is 0 Å². The van der Waals surface area contributed by atoms with E-state index in [4.69, 9.17) is 17.3 Å². The Morgan fingerprint density at radius 1 is 1.42 bits per heavy atom. The van der Waals surface area contributed by atoms with Crippen molar-refractivity contribution in [3.8, 4) is 0 Å². The molecule has 0 bridgehead atoms. The largest absolute Gasteiger partial charge is 0.398 e. The normalized spacial score (nSPS) is 19.7. The molecule has 1 fully saturated rings. The highest BCUT2D eigenvalue weighted by Crippen LogP contribution is 2.30. The van der Waals surface area contributed by atoms with E-state index in [2.05, 4.69) is 37.1 Å². The molecule has 106 valence electrons. The summed E-state index contributed by atoms with van der Waals surface area (Å²) in [7, 11) is 0. The Labute approximate surface area is 121 Å². The maximum absolute atomic E-state index is 6.17. The number of nitrogens with one attached hydrogen (secondary N) is 1. The van der Waals surface area contributed by atoms with E-state index in [-0.39, 0.29) is 5.41 Å². The number of nitrogens with zero attached hydrogens (tertiary/aromatic N) is 1. The topological polar surface area (TPSA) is 41.3 Å². The van der Waals surface area contributed by atoms with Crippen molar-refractivity contribution >= 4 is 23.0 Å². The fraction of sp³-hybridized carbons (Fsp3) is 0.600. The third kappa shape index (κ3) is 3.77. The first-order chi connectivity index (χ1) is 8.87. The van der Waals surface area contributed by atoms with Gasteiger partial charge in [0, 0.05) is 24.8 Å². The molecular formula is C15H24ClN3. The number of benzene rings is 1. The molecule has 0 saturated carbocycles. The van der Waals surface area contributed by atoms with Gasteiger partial charge in [-0.3, -0.25) is 0 Å². The van der Waals surface area contributed by atoms with E-state index in [0.29, 0.717) is 16.8 Å². The molecule has 0 spiro atoms. The summed E-state index contributed by atoms with van der Waals surface area (Å²) in [6, 6.07) is 6.50. The van der Waals surface area contributed by atoms with Crippen molar-refractivity contribution in [2.45, 2.75) is 33.2 Å². The fourth-order valence-corrected chi connectivity index (χ4v) is 2.72. The van der Waals surface area contributed by atoms with Gasteiger partial charge in [-0.15, -0.1) is 0 Å². The Balaban J connectivity index is 2.27. The van der Waals surface area contributed by atoms with Gasteiger partial charge in [-0.05, 0) is 36.6 Å². The maximum Gasteiger partial charge on any atom is 0.0656 e. The number of hydrogen-bond donors (Lipinski definition) is 2. The predicted molar refractivity (Wildman–Crippen MR) is 83.9 cm³/mol. The first-order valence-electron chi connectivity index (χ1n) is 6.89. The highest BCUT2D eigenvalue weighted by molar-refractivity contribution is 6.33. The smallest absolute Gasteiger partial charge is 0.0656 e. The quantitative estimate of drug-likeness (QED) is 0.837. The summed E-state index contributed by atoms with van der Waals surface area (Å²) < 4.78 is 0. The average Bonchev–Trinajstić information content (AvgIpc) is 2.82. The van der Waals surface area contributed by atoms with Gasteiger partial charge in [-0.2, -0.15) is 0 Å². The molecule has 0 aliphatic carbocycles. The minimum absolute atomic E-state index is 0.246. The summed E-state index contributed by atoms with van der Waals surface area (Å²) in [4.78, 5) is 2.46. The van der Waals surface area contributed by atoms with Gasteiger partial charge in [0.2, 0.25) is 0 Å². The number of halogens is 1. The van der Waals surface area contributed by atoms with Gasteiger partial charge in [0.05, 0.1) is 10.7 Å². The summed E-state index contributed by atoms with van der Waals surface area (Å²) in [5.41, 5.74) is 7.87. The van der Waals surface area contributed by atoms with Crippen LogP contribution in [0.15, 0.2) is 18.2 Å². The molecule has 3 nitrogen and oxygen atoms in total. The van der Waals surface area contributed by atoms with Crippen LogP contribution in [0, 0.1) is 5.41 Å². The maximum atomic E-state index is 6.17. The molecule has 1 atom stereocenters. The lowest BCUT2D eigenvalue weighted by Crippen LogP contribution is -2.42. The number of hydrogen-bond acceptors (Lipinski definition) is 3. The molecule has 0 amide bonds. The SMILES string of the molecule is CC(C)(C)CN(c1ccc(N)c(Cl)c1)[C@H]1CCNC1. The first kappa shape index (κ1) is 14.5. The van der Waals surface area contributed by atoms with Crippen molar-refractivity contribution in [1.82, 2.24) is 5.32 Å². The Bertz CT molecular complexity index is 434. The number of nitrogen functional groups attached to an aromatic ring is 1. The van der Waals surface area contributed by atoms with Crippen LogP contribution in [0.25, 0.3) is 0 Å². The van der Waals surface area contributed by atoms with Crippen LogP contribution in [0.4, 0.5) is 11.4 Å². The van der Waals surface area contributed by atoms with Crippen LogP contribution in [0.5, 0.6) is 0 Å². The molecule has 0 radical (unpaired) electrons. The monoisotopic (exact) mass is 281 g/mol. The zero-order valence-electron chi connectivity index (χ0n) is 12.0. The van der Waals surface area contributed by atoms with Crippen molar-refractivity contribution in [2.75, 3.05) is 30.3 Å². The average molecular weight is 282 g/mol. The fourth-order valence-electron chi connectivity index (χ4n) is 2.54. The van der Waals surface area contributed by atoms with Gasteiger partial charge in [0.15, 0.2) is 0 Å². The van der Waals surface area contributed by atoms with Gasteiger partial charge in [0.25, 0.3) is 0 Å². The number of anilines is 2. The van der Waals surface area contributed by atoms with E-state index in [1.54, 1.807) is 0 Å². The lowest BCUT2D eigenvalue weighted by molar-refractivity contribution is 0.393. The first-order valence-corrected chi connectivity index (χ1v) is 7.27. The molecule has 19 heavy (non-hydrogen) atoms. The van der Waals surface area contributed by atoms with E-state index in [1.807, 2.05) is 12.1 Å². The third-order valence-corrected chi connectivity index (χ3v) is 3.76. The zero-order chi connectivity index (χ0) is 14.0. The second-order valence-corrected chi connectivity index (χ2v) is 6.95. The highest BCUT2D eigenvalue weighted by atomic mass is 35.5. The molecule has 0 unspecified atom stereocenters. The van der Waals surface area contributed by atoms with Crippen LogP contribution in [-0.4, -0.2) is 25.7 Å². The minimum Gasteiger partial charge on any atom is -0.398 e. The lowest BCUT2D eigenvalue weighted by Gasteiger charge is -2.36. The Morgan fingerprint density at radius 3 is 2.68 bits per heavy atom. The Hall–Kier alpha value is -0.930. The van der Waals surface area contributed by atoms with E-state index >= 15 is 0 Å². The van der Waals surface area contributed by atoms with Crippen LogP contribution in [0.3, 0.4) is 0 Å². The molecule has 1 saturated heterocycles. The van der Waals surface area contributed by atoms with Crippen molar-refractivity contribution < 1.29 is 0 Å². The zero-order valence-corrected chi connectivity index (χ0v) is 12.8. The van der Waals surface area contributed by atoms with Crippen LogP contribution >= 0.6 is 11.6 Å². The van der Waals surface area contributed by atoms with Crippen LogP contribution in [-0.2, 0) is 0 Å². The van der Waals surface area contributed by atoms with Gasteiger partial charge in [0.1, 0.15) is 0 Å². The summed E-state index contributed by atoms with van der Waals surface area (Å²) in [5.74, 6) is 0. The van der Waals surface area contributed by atoms with Crippen LogP contribution in [0.2, 0.25) is 5.02 Å². The molecule has 4 heteroatoms. The third-order valence-electron chi connectivity index (χ3n) is 3.44. The second kappa shape index (κ2) is 5.59. The Kier molecular flexibility index (Phi) is 4.26. The van der Waals surface area contributed by atoms with Gasteiger partial charge >= 0.3 is 0 Å². The Morgan fingerprint density at radius 2 is 2.16 bits per heavy atom. The molecule has 1 heterocycles. The van der Waals surface area contributed by atoms with E-state index in [0.717, 1.165) is 19.6 Å². The molecule has 0 aromatic heterocycles. The molecule has 1 aliphatic rings.